The Morgan fingerprint density at radius 1 is 1.08 bits per heavy atom. The smallest absolute Gasteiger partial charge is 0.0220 e. The number of aryl methyl sites for hydroxylation is 2. The normalized spacial score (nSPS) is 16.3. The van der Waals surface area contributed by atoms with Crippen LogP contribution >= 0.6 is 36.6 Å². The molecule has 0 spiro atoms. The van der Waals surface area contributed by atoms with E-state index in [2.05, 4.69) is 39.1 Å². The molecule has 1 heterocycles. The summed E-state index contributed by atoms with van der Waals surface area (Å²) in [6, 6.07) is 0. The highest BCUT2D eigenvalue weighted by molar-refractivity contribution is 7.93. The average Bonchev–Trinajstić information content (AvgIpc) is 2.35. The number of thiophene rings is 1. The zero-order chi connectivity index (χ0) is 9.59. The highest BCUT2D eigenvalue weighted by Gasteiger charge is 2.20. The molecule has 0 saturated carbocycles. The Bertz CT molecular complexity index is 385. The van der Waals surface area contributed by atoms with Crippen LogP contribution in [0, 0.1) is 13.8 Å². The Morgan fingerprint density at radius 3 is 2.46 bits per heavy atom. The second-order valence-electron chi connectivity index (χ2n) is 3.36. The molecule has 1 aliphatic carbocycles. The van der Waals surface area contributed by atoms with Gasteiger partial charge in [-0.1, -0.05) is 0 Å². The zero-order valence-corrected chi connectivity index (χ0v) is 10.3. The molecular formula is C10H12S3. The summed E-state index contributed by atoms with van der Waals surface area (Å²) >= 11 is 10.8. The van der Waals surface area contributed by atoms with Crippen LogP contribution in [0.4, 0.5) is 0 Å². The minimum Gasteiger partial charge on any atom is -0.147 e. The number of hydrogen-bond donors (Lipinski definition) is 2. The lowest BCUT2D eigenvalue weighted by Gasteiger charge is -2.15. The van der Waals surface area contributed by atoms with Crippen LogP contribution in [0.25, 0.3) is 4.91 Å². The van der Waals surface area contributed by atoms with Gasteiger partial charge in [-0.15, -0.1) is 36.6 Å². The number of hydrogen-bond acceptors (Lipinski definition) is 3. The topological polar surface area (TPSA) is 0 Å². The Balaban J connectivity index is 2.68. The van der Waals surface area contributed by atoms with E-state index in [9.17, 15) is 0 Å². The van der Waals surface area contributed by atoms with Crippen LogP contribution in [0.1, 0.15) is 27.3 Å². The van der Waals surface area contributed by atoms with Crippen LogP contribution in [0.2, 0.25) is 0 Å². The Hall–Kier alpha value is 0.140. The van der Waals surface area contributed by atoms with Gasteiger partial charge >= 0.3 is 0 Å². The Labute approximate surface area is 93.9 Å². The van der Waals surface area contributed by atoms with E-state index in [1.54, 1.807) is 0 Å². The lowest BCUT2D eigenvalue weighted by atomic mass is 9.98. The fourth-order valence-corrected chi connectivity index (χ4v) is 3.68. The summed E-state index contributed by atoms with van der Waals surface area (Å²) in [4.78, 5) is 5.05. The summed E-state index contributed by atoms with van der Waals surface area (Å²) in [6.07, 6.45) is 2.18. The molecule has 0 aromatic carbocycles. The van der Waals surface area contributed by atoms with Crippen molar-refractivity contribution >= 4 is 41.5 Å². The minimum absolute atomic E-state index is 1.05. The summed E-state index contributed by atoms with van der Waals surface area (Å²) < 4.78 is 0. The lowest BCUT2D eigenvalue weighted by molar-refractivity contribution is 0.969. The van der Waals surface area contributed by atoms with Crippen molar-refractivity contribution in [2.45, 2.75) is 26.7 Å². The molecule has 0 aliphatic heterocycles. The monoisotopic (exact) mass is 228 g/mol. The third kappa shape index (κ3) is 1.47. The van der Waals surface area contributed by atoms with Gasteiger partial charge in [-0.25, -0.2) is 0 Å². The molecule has 1 aromatic rings. The SMILES string of the molecule is Cc1sc(C)c2c1CCC(S)=C2S. The maximum absolute atomic E-state index is 4.53. The zero-order valence-electron chi connectivity index (χ0n) is 7.72. The van der Waals surface area contributed by atoms with E-state index in [1.807, 2.05) is 11.3 Å². The fraction of sp³-hybridized carbons (Fsp3) is 0.400. The van der Waals surface area contributed by atoms with Gasteiger partial charge in [-0.2, -0.15) is 0 Å². The highest BCUT2D eigenvalue weighted by atomic mass is 32.1. The van der Waals surface area contributed by atoms with Crippen LogP contribution < -0.4 is 0 Å². The van der Waals surface area contributed by atoms with Crippen LogP contribution in [-0.2, 0) is 6.42 Å². The van der Waals surface area contributed by atoms with E-state index in [-0.39, 0.29) is 0 Å². The van der Waals surface area contributed by atoms with Gasteiger partial charge in [0.1, 0.15) is 0 Å². The van der Waals surface area contributed by atoms with Crippen molar-refractivity contribution < 1.29 is 0 Å². The molecule has 3 heteroatoms. The van der Waals surface area contributed by atoms with Crippen molar-refractivity contribution in [3.63, 3.8) is 0 Å². The molecule has 0 nitrogen and oxygen atoms in total. The molecule has 0 amide bonds. The van der Waals surface area contributed by atoms with Crippen LogP contribution in [0.15, 0.2) is 4.91 Å². The molecule has 1 aromatic heterocycles. The molecule has 70 valence electrons. The fourth-order valence-electron chi connectivity index (χ4n) is 1.85. The Morgan fingerprint density at radius 2 is 1.77 bits per heavy atom. The number of fused-ring (bicyclic) bond motifs is 1. The van der Waals surface area contributed by atoms with Crippen molar-refractivity contribution in [3.05, 3.63) is 25.8 Å². The predicted molar refractivity (Wildman–Crippen MR) is 67.0 cm³/mol. The number of rotatable bonds is 0. The van der Waals surface area contributed by atoms with Gasteiger partial charge in [-0.3, -0.25) is 0 Å². The average molecular weight is 228 g/mol. The van der Waals surface area contributed by atoms with E-state index in [0.29, 0.717) is 0 Å². The maximum Gasteiger partial charge on any atom is 0.0220 e. The van der Waals surface area contributed by atoms with Crippen molar-refractivity contribution in [2.75, 3.05) is 0 Å². The summed E-state index contributed by atoms with van der Waals surface area (Å²) in [5.74, 6) is 0. The quantitative estimate of drug-likeness (QED) is 0.619. The van der Waals surface area contributed by atoms with Crippen LogP contribution in [-0.4, -0.2) is 0 Å². The largest absolute Gasteiger partial charge is 0.147 e. The maximum atomic E-state index is 4.53. The van der Waals surface area contributed by atoms with E-state index in [4.69, 9.17) is 0 Å². The van der Waals surface area contributed by atoms with Gasteiger partial charge in [0, 0.05) is 20.2 Å². The third-order valence-corrected chi connectivity index (χ3v) is 4.69. The van der Waals surface area contributed by atoms with Crippen LogP contribution in [0.3, 0.4) is 0 Å². The molecule has 0 unspecified atom stereocenters. The minimum atomic E-state index is 1.05. The summed E-state index contributed by atoms with van der Waals surface area (Å²) in [5.41, 5.74) is 2.84. The van der Waals surface area contributed by atoms with Crippen molar-refractivity contribution in [3.8, 4) is 0 Å². The molecule has 2 rings (SSSR count). The molecule has 0 bridgehead atoms. The van der Waals surface area contributed by atoms with Gasteiger partial charge in [0.15, 0.2) is 0 Å². The first kappa shape index (κ1) is 9.69. The summed E-state index contributed by atoms with van der Waals surface area (Å²) in [7, 11) is 0. The lowest BCUT2D eigenvalue weighted by Crippen LogP contribution is -1.98. The molecule has 13 heavy (non-hydrogen) atoms. The number of allylic oxidation sites excluding steroid dienone is 1. The van der Waals surface area contributed by atoms with E-state index >= 15 is 0 Å². The van der Waals surface area contributed by atoms with Gasteiger partial charge in [0.2, 0.25) is 0 Å². The van der Waals surface area contributed by atoms with Gasteiger partial charge in [-0.05, 0) is 37.2 Å². The second-order valence-corrected chi connectivity index (χ2v) is 5.78. The molecule has 0 saturated heterocycles. The van der Waals surface area contributed by atoms with Gasteiger partial charge in [0.05, 0.1) is 0 Å². The highest BCUT2D eigenvalue weighted by Crippen LogP contribution is 2.42. The Kier molecular flexibility index (Phi) is 2.51. The second kappa shape index (κ2) is 3.37. The first-order chi connectivity index (χ1) is 6.11. The summed E-state index contributed by atoms with van der Waals surface area (Å²) in [5, 5.41) is 0. The van der Waals surface area contributed by atoms with Crippen molar-refractivity contribution in [1.29, 1.82) is 0 Å². The van der Waals surface area contributed by atoms with Gasteiger partial charge < -0.3 is 0 Å². The predicted octanol–water partition coefficient (Wildman–Crippen LogP) is 3.84. The molecule has 0 atom stereocenters. The molecule has 0 N–H and O–H groups in total. The van der Waals surface area contributed by atoms with E-state index < -0.39 is 0 Å². The molecular weight excluding hydrogens is 216 g/mol. The van der Waals surface area contributed by atoms with Gasteiger partial charge in [0.25, 0.3) is 0 Å². The number of thiol groups is 2. The third-order valence-electron chi connectivity index (χ3n) is 2.51. The van der Waals surface area contributed by atoms with E-state index in [1.165, 1.54) is 20.9 Å². The van der Waals surface area contributed by atoms with E-state index in [0.717, 1.165) is 22.7 Å². The molecule has 0 fully saturated rings. The molecule has 1 aliphatic rings. The van der Waals surface area contributed by atoms with Crippen molar-refractivity contribution in [2.24, 2.45) is 0 Å². The first-order valence-electron chi connectivity index (χ1n) is 4.31. The van der Waals surface area contributed by atoms with Crippen LogP contribution in [0.5, 0.6) is 0 Å². The standard InChI is InChI=1S/C10H12S3/c1-5-7-3-4-8(11)10(12)9(7)6(2)13-5/h11-12H,3-4H2,1-2H3. The van der Waals surface area contributed by atoms with Crippen molar-refractivity contribution in [1.82, 2.24) is 0 Å². The first-order valence-corrected chi connectivity index (χ1v) is 6.02. The summed E-state index contributed by atoms with van der Waals surface area (Å²) in [6.45, 7) is 4.36. The molecule has 0 radical (unpaired) electrons.